The van der Waals surface area contributed by atoms with Gasteiger partial charge in [0.1, 0.15) is 0 Å². The number of nitrogens with zero attached hydrogens (tertiary/aromatic N) is 2. The monoisotopic (exact) mass is 349 g/mol. The lowest BCUT2D eigenvalue weighted by molar-refractivity contribution is 0.203. The summed E-state index contributed by atoms with van der Waals surface area (Å²) >= 11 is 1.31. The molecule has 3 rings (SSSR count). The number of rotatable bonds is 6. The van der Waals surface area contributed by atoms with Gasteiger partial charge in [0.25, 0.3) is 10.0 Å². The number of fused-ring (bicyclic) bond motifs is 1. The Balaban J connectivity index is 1.90. The van der Waals surface area contributed by atoms with Crippen LogP contribution in [0.3, 0.4) is 0 Å². The maximum absolute atomic E-state index is 12.6. The predicted molar refractivity (Wildman–Crippen MR) is 90.2 cm³/mol. The van der Waals surface area contributed by atoms with Gasteiger partial charge < -0.3 is 4.74 Å². The first-order valence-electron chi connectivity index (χ1n) is 6.89. The van der Waals surface area contributed by atoms with Crippen molar-refractivity contribution in [1.82, 2.24) is 9.97 Å². The number of aromatic nitrogens is 2. The summed E-state index contributed by atoms with van der Waals surface area (Å²) in [7, 11) is -2.08. The van der Waals surface area contributed by atoms with Crippen molar-refractivity contribution in [2.45, 2.75) is 11.3 Å². The van der Waals surface area contributed by atoms with Crippen molar-refractivity contribution in [3.63, 3.8) is 0 Å². The Kier molecular flexibility index (Phi) is 4.56. The van der Waals surface area contributed by atoms with Crippen LogP contribution in [-0.2, 0) is 21.2 Å². The lowest BCUT2D eigenvalue weighted by Crippen LogP contribution is -2.13. The highest BCUT2D eigenvalue weighted by atomic mass is 32.2. The van der Waals surface area contributed by atoms with Gasteiger partial charge >= 0.3 is 0 Å². The van der Waals surface area contributed by atoms with E-state index >= 15 is 0 Å². The zero-order valence-electron chi connectivity index (χ0n) is 12.4. The fourth-order valence-electron chi connectivity index (χ4n) is 2.17. The highest BCUT2D eigenvalue weighted by molar-refractivity contribution is 7.93. The first-order valence-corrected chi connectivity index (χ1v) is 9.19. The largest absolute Gasteiger partial charge is 0.384 e. The molecule has 2 aromatic heterocycles. The van der Waals surface area contributed by atoms with E-state index in [1.54, 1.807) is 43.9 Å². The standard InChI is InChI=1S/C15H15N3O3S2/c1-21-8-6-12-10-17-15(22-12)18-23(19,20)14-4-2-3-11-9-16-7-5-13(11)14/h2-5,7,9-10H,6,8H2,1H3,(H,17,18). The molecule has 0 saturated carbocycles. The molecule has 0 spiro atoms. The van der Waals surface area contributed by atoms with Gasteiger partial charge in [-0.3, -0.25) is 9.71 Å². The summed E-state index contributed by atoms with van der Waals surface area (Å²) in [5.74, 6) is 0. The number of anilines is 1. The minimum absolute atomic E-state index is 0.214. The smallest absolute Gasteiger partial charge is 0.264 e. The summed E-state index contributed by atoms with van der Waals surface area (Å²) in [6, 6.07) is 6.79. The van der Waals surface area contributed by atoms with E-state index in [0.717, 1.165) is 10.3 Å². The maximum atomic E-state index is 12.6. The van der Waals surface area contributed by atoms with Crippen LogP contribution in [0.1, 0.15) is 4.88 Å². The summed E-state index contributed by atoms with van der Waals surface area (Å²) in [6.07, 6.45) is 5.58. The number of thiazole rings is 1. The van der Waals surface area contributed by atoms with E-state index in [4.69, 9.17) is 4.74 Å². The van der Waals surface area contributed by atoms with E-state index in [1.165, 1.54) is 11.3 Å². The van der Waals surface area contributed by atoms with E-state index in [9.17, 15) is 8.42 Å². The Morgan fingerprint density at radius 2 is 2.13 bits per heavy atom. The predicted octanol–water partition coefficient (Wildman–Crippen LogP) is 2.68. The number of pyridine rings is 1. The molecule has 1 N–H and O–H groups in total. The van der Waals surface area contributed by atoms with Gasteiger partial charge in [0.2, 0.25) is 0 Å². The molecule has 0 bridgehead atoms. The minimum Gasteiger partial charge on any atom is -0.384 e. The van der Waals surface area contributed by atoms with Crippen LogP contribution in [0.2, 0.25) is 0 Å². The maximum Gasteiger partial charge on any atom is 0.264 e. The lowest BCUT2D eigenvalue weighted by Gasteiger charge is -2.08. The van der Waals surface area contributed by atoms with Crippen molar-refractivity contribution in [2.24, 2.45) is 0 Å². The third kappa shape index (κ3) is 3.49. The van der Waals surface area contributed by atoms with Crippen LogP contribution in [0.25, 0.3) is 10.8 Å². The van der Waals surface area contributed by atoms with Crippen molar-refractivity contribution in [1.29, 1.82) is 0 Å². The molecule has 0 aliphatic rings. The van der Waals surface area contributed by atoms with Crippen LogP contribution in [0.4, 0.5) is 5.13 Å². The summed E-state index contributed by atoms with van der Waals surface area (Å²) in [4.78, 5) is 9.31. The van der Waals surface area contributed by atoms with Crippen LogP contribution < -0.4 is 4.72 Å². The van der Waals surface area contributed by atoms with Gasteiger partial charge in [-0.25, -0.2) is 13.4 Å². The second-order valence-corrected chi connectivity index (χ2v) is 7.60. The molecule has 6 nitrogen and oxygen atoms in total. The molecule has 0 radical (unpaired) electrons. The van der Waals surface area contributed by atoms with Gasteiger partial charge in [0, 0.05) is 47.8 Å². The van der Waals surface area contributed by atoms with Gasteiger partial charge in [0.15, 0.2) is 5.13 Å². The fourth-order valence-corrected chi connectivity index (χ4v) is 4.44. The van der Waals surface area contributed by atoms with Crippen molar-refractivity contribution >= 4 is 37.3 Å². The molecule has 3 aromatic rings. The molecule has 2 heterocycles. The van der Waals surface area contributed by atoms with Crippen molar-refractivity contribution in [3.05, 3.63) is 47.7 Å². The summed E-state index contributed by atoms with van der Waals surface area (Å²) < 4.78 is 32.8. The average molecular weight is 349 g/mol. The van der Waals surface area contributed by atoms with Crippen LogP contribution in [0.5, 0.6) is 0 Å². The van der Waals surface area contributed by atoms with Crippen LogP contribution in [-0.4, -0.2) is 32.1 Å². The average Bonchev–Trinajstić information content (AvgIpc) is 2.99. The Hall–Kier alpha value is -2.03. The number of nitrogens with one attached hydrogen (secondary N) is 1. The molecule has 0 fully saturated rings. The third-order valence-corrected chi connectivity index (χ3v) is 5.76. The first-order chi connectivity index (χ1) is 11.1. The second kappa shape index (κ2) is 6.61. The number of hydrogen-bond donors (Lipinski definition) is 1. The molecule has 0 saturated heterocycles. The molecular formula is C15H15N3O3S2. The molecule has 0 aliphatic heterocycles. The molecule has 8 heteroatoms. The van der Waals surface area contributed by atoms with Gasteiger partial charge in [-0.15, -0.1) is 11.3 Å². The number of methoxy groups -OCH3 is 1. The molecule has 120 valence electrons. The van der Waals surface area contributed by atoms with E-state index in [0.29, 0.717) is 23.5 Å². The number of benzene rings is 1. The van der Waals surface area contributed by atoms with Gasteiger partial charge in [-0.1, -0.05) is 12.1 Å². The molecule has 1 aromatic carbocycles. The summed E-state index contributed by atoms with van der Waals surface area (Å²) in [5, 5.41) is 1.75. The summed E-state index contributed by atoms with van der Waals surface area (Å²) in [6.45, 7) is 0.574. The summed E-state index contributed by atoms with van der Waals surface area (Å²) in [5.41, 5.74) is 0. The van der Waals surface area contributed by atoms with Crippen LogP contribution >= 0.6 is 11.3 Å². The van der Waals surface area contributed by atoms with Gasteiger partial charge in [0.05, 0.1) is 11.5 Å². The quantitative estimate of drug-likeness (QED) is 0.740. The molecule has 0 atom stereocenters. The number of ether oxygens (including phenoxy) is 1. The highest BCUT2D eigenvalue weighted by Gasteiger charge is 2.19. The zero-order chi connectivity index (χ0) is 16.3. The fraction of sp³-hybridized carbons (Fsp3) is 0.200. The number of hydrogen-bond acceptors (Lipinski definition) is 6. The Morgan fingerprint density at radius 1 is 1.26 bits per heavy atom. The molecule has 0 unspecified atom stereocenters. The molecular weight excluding hydrogens is 334 g/mol. The highest BCUT2D eigenvalue weighted by Crippen LogP contribution is 2.26. The van der Waals surface area contributed by atoms with Crippen molar-refractivity contribution in [2.75, 3.05) is 18.4 Å². The Labute approximate surface area is 138 Å². The van der Waals surface area contributed by atoms with E-state index in [1.807, 2.05) is 6.07 Å². The topological polar surface area (TPSA) is 81.2 Å². The van der Waals surface area contributed by atoms with Crippen LogP contribution in [0, 0.1) is 0 Å². The van der Waals surface area contributed by atoms with Crippen molar-refractivity contribution in [3.8, 4) is 0 Å². The zero-order valence-corrected chi connectivity index (χ0v) is 14.0. The van der Waals surface area contributed by atoms with E-state index in [-0.39, 0.29) is 4.90 Å². The van der Waals surface area contributed by atoms with Crippen LogP contribution in [0.15, 0.2) is 47.8 Å². The normalized spacial score (nSPS) is 11.7. The molecule has 23 heavy (non-hydrogen) atoms. The van der Waals surface area contributed by atoms with E-state index in [2.05, 4.69) is 14.7 Å². The Bertz CT molecular complexity index is 917. The Morgan fingerprint density at radius 3 is 2.96 bits per heavy atom. The third-order valence-electron chi connectivity index (χ3n) is 3.26. The lowest BCUT2D eigenvalue weighted by atomic mass is 10.2. The second-order valence-electron chi connectivity index (χ2n) is 4.83. The minimum atomic E-state index is -3.71. The van der Waals surface area contributed by atoms with Gasteiger partial charge in [-0.05, 0) is 12.1 Å². The van der Waals surface area contributed by atoms with Crippen molar-refractivity contribution < 1.29 is 13.2 Å². The van der Waals surface area contributed by atoms with E-state index < -0.39 is 10.0 Å². The molecule has 0 aliphatic carbocycles. The molecule has 0 amide bonds. The van der Waals surface area contributed by atoms with Gasteiger partial charge in [-0.2, -0.15) is 0 Å². The first kappa shape index (κ1) is 15.9. The number of sulfonamides is 1. The SMILES string of the molecule is COCCc1cnc(NS(=O)(=O)c2cccc3cnccc23)s1.